The molecular formula is C11H13BrO3. The highest BCUT2D eigenvalue weighted by Gasteiger charge is 2.11. The fourth-order valence-corrected chi connectivity index (χ4v) is 2.01. The van der Waals surface area contributed by atoms with Crippen LogP contribution in [0.4, 0.5) is 0 Å². The summed E-state index contributed by atoms with van der Waals surface area (Å²) >= 11 is 3.36. The van der Waals surface area contributed by atoms with Crippen LogP contribution in [-0.2, 0) is 11.3 Å². The van der Waals surface area contributed by atoms with Crippen LogP contribution in [0.25, 0.3) is 0 Å². The number of carbonyl (C=O) groups excluding carboxylic acids is 1. The molecule has 3 nitrogen and oxygen atoms in total. The van der Waals surface area contributed by atoms with Gasteiger partial charge in [-0.2, -0.15) is 0 Å². The van der Waals surface area contributed by atoms with Gasteiger partial charge in [-0.25, -0.2) is 0 Å². The lowest BCUT2D eigenvalue weighted by molar-refractivity contribution is 0.101. The number of ketones is 1. The minimum atomic E-state index is 0.0238. The van der Waals surface area contributed by atoms with Gasteiger partial charge in [0.2, 0.25) is 0 Å². The number of halogens is 1. The van der Waals surface area contributed by atoms with Crippen LogP contribution in [0.2, 0.25) is 0 Å². The molecule has 1 rings (SSSR count). The first kappa shape index (κ1) is 12.2. The predicted octanol–water partition coefficient (Wildman–Crippen LogP) is 2.81. The van der Waals surface area contributed by atoms with E-state index in [-0.39, 0.29) is 5.78 Å². The van der Waals surface area contributed by atoms with E-state index in [0.29, 0.717) is 17.9 Å². The molecule has 0 fully saturated rings. The highest BCUT2D eigenvalue weighted by Crippen LogP contribution is 2.31. The van der Waals surface area contributed by atoms with E-state index in [1.807, 2.05) is 0 Å². The molecule has 0 heterocycles. The van der Waals surface area contributed by atoms with Gasteiger partial charge in [0.25, 0.3) is 0 Å². The van der Waals surface area contributed by atoms with Crippen molar-refractivity contribution in [2.75, 3.05) is 14.2 Å². The molecule has 0 bridgehead atoms. The number of rotatable bonds is 4. The summed E-state index contributed by atoms with van der Waals surface area (Å²) in [7, 11) is 3.19. The Bertz CT molecular complexity index is 374. The monoisotopic (exact) mass is 272 g/mol. The van der Waals surface area contributed by atoms with E-state index in [9.17, 15) is 4.79 Å². The van der Waals surface area contributed by atoms with E-state index >= 15 is 0 Å². The van der Waals surface area contributed by atoms with E-state index in [2.05, 4.69) is 15.9 Å². The van der Waals surface area contributed by atoms with Crippen LogP contribution in [0.3, 0.4) is 0 Å². The molecule has 4 heteroatoms. The Hall–Kier alpha value is -0.870. The van der Waals surface area contributed by atoms with Gasteiger partial charge in [0.05, 0.1) is 18.2 Å². The molecule has 0 saturated heterocycles. The zero-order valence-corrected chi connectivity index (χ0v) is 10.6. The van der Waals surface area contributed by atoms with Crippen molar-refractivity contribution in [1.82, 2.24) is 0 Å². The molecule has 0 unspecified atom stereocenters. The van der Waals surface area contributed by atoms with Gasteiger partial charge in [-0.1, -0.05) is 0 Å². The first-order valence-corrected chi connectivity index (χ1v) is 5.25. The molecule has 0 spiro atoms. The number of Topliss-reactive ketones (excluding diaryl/α,β-unsaturated/α-hetero) is 1. The van der Waals surface area contributed by atoms with Crippen molar-refractivity contribution in [3.63, 3.8) is 0 Å². The molecule has 82 valence electrons. The van der Waals surface area contributed by atoms with Crippen molar-refractivity contribution < 1.29 is 14.3 Å². The zero-order valence-electron chi connectivity index (χ0n) is 8.96. The average Bonchev–Trinajstić information content (AvgIpc) is 2.17. The minimum Gasteiger partial charge on any atom is -0.495 e. The van der Waals surface area contributed by atoms with Gasteiger partial charge in [-0.05, 0) is 35.0 Å². The molecule has 0 atom stereocenters. The Morgan fingerprint density at radius 2 is 2.07 bits per heavy atom. The second-order valence-electron chi connectivity index (χ2n) is 3.14. The average molecular weight is 273 g/mol. The number of carbonyl (C=O) groups is 1. The van der Waals surface area contributed by atoms with Gasteiger partial charge in [-0.15, -0.1) is 0 Å². The smallest absolute Gasteiger partial charge is 0.159 e. The third-order valence-electron chi connectivity index (χ3n) is 2.03. The minimum absolute atomic E-state index is 0.0238. The number of benzene rings is 1. The van der Waals surface area contributed by atoms with Crippen LogP contribution in [0, 0.1) is 0 Å². The van der Waals surface area contributed by atoms with E-state index in [4.69, 9.17) is 9.47 Å². The summed E-state index contributed by atoms with van der Waals surface area (Å²) in [4.78, 5) is 11.3. The SMILES string of the molecule is COCc1cc(C(C)=O)cc(Br)c1OC. The normalized spacial score (nSPS) is 10.1. The summed E-state index contributed by atoms with van der Waals surface area (Å²) in [6, 6.07) is 3.54. The summed E-state index contributed by atoms with van der Waals surface area (Å²) < 4.78 is 11.0. The van der Waals surface area contributed by atoms with Gasteiger partial charge in [0.1, 0.15) is 5.75 Å². The second-order valence-corrected chi connectivity index (χ2v) is 3.99. The molecule has 0 aliphatic carbocycles. The van der Waals surface area contributed by atoms with Crippen LogP contribution in [-0.4, -0.2) is 20.0 Å². The summed E-state index contributed by atoms with van der Waals surface area (Å²) in [6.45, 7) is 1.95. The lowest BCUT2D eigenvalue weighted by Crippen LogP contribution is -2.00. The summed E-state index contributed by atoms with van der Waals surface area (Å²) in [6.07, 6.45) is 0. The quantitative estimate of drug-likeness (QED) is 0.791. The largest absolute Gasteiger partial charge is 0.495 e. The third kappa shape index (κ3) is 2.79. The molecule has 0 aliphatic heterocycles. The summed E-state index contributed by atoms with van der Waals surface area (Å²) in [5, 5.41) is 0. The first-order chi connectivity index (χ1) is 7.10. The zero-order chi connectivity index (χ0) is 11.4. The molecule has 1 aromatic carbocycles. The third-order valence-corrected chi connectivity index (χ3v) is 2.62. The molecule has 0 aliphatic rings. The molecule has 0 saturated carbocycles. The van der Waals surface area contributed by atoms with E-state index in [1.54, 1.807) is 26.4 Å². The summed E-state index contributed by atoms with van der Waals surface area (Å²) in [5.41, 5.74) is 1.51. The van der Waals surface area contributed by atoms with Gasteiger partial charge >= 0.3 is 0 Å². The maximum atomic E-state index is 11.3. The van der Waals surface area contributed by atoms with Gasteiger partial charge < -0.3 is 9.47 Å². The highest BCUT2D eigenvalue weighted by molar-refractivity contribution is 9.10. The molecular weight excluding hydrogens is 260 g/mol. The van der Waals surface area contributed by atoms with Crippen molar-refractivity contribution in [3.05, 3.63) is 27.7 Å². The topological polar surface area (TPSA) is 35.5 Å². The maximum Gasteiger partial charge on any atom is 0.159 e. The van der Waals surface area contributed by atoms with Crippen molar-refractivity contribution >= 4 is 21.7 Å². The van der Waals surface area contributed by atoms with E-state index < -0.39 is 0 Å². The maximum absolute atomic E-state index is 11.3. The fourth-order valence-electron chi connectivity index (χ4n) is 1.34. The number of hydrogen-bond donors (Lipinski definition) is 0. The number of ether oxygens (including phenoxy) is 2. The molecule has 0 radical (unpaired) electrons. The fraction of sp³-hybridized carbons (Fsp3) is 0.364. The van der Waals surface area contributed by atoms with Crippen LogP contribution in [0.5, 0.6) is 5.75 Å². The first-order valence-electron chi connectivity index (χ1n) is 4.46. The second kappa shape index (κ2) is 5.28. The standard InChI is InChI=1S/C11H13BrO3/c1-7(13)8-4-9(6-14-2)11(15-3)10(12)5-8/h4-5H,6H2,1-3H3. The van der Waals surface area contributed by atoms with Crippen molar-refractivity contribution in [3.8, 4) is 5.75 Å². The van der Waals surface area contributed by atoms with Crippen LogP contribution in [0.1, 0.15) is 22.8 Å². The Balaban J connectivity index is 3.25. The van der Waals surface area contributed by atoms with Crippen molar-refractivity contribution in [2.45, 2.75) is 13.5 Å². The van der Waals surface area contributed by atoms with E-state index in [0.717, 1.165) is 10.0 Å². The molecule has 0 amide bonds. The molecule has 0 aromatic heterocycles. The van der Waals surface area contributed by atoms with Crippen molar-refractivity contribution in [1.29, 1.82) is 0 Å². The lowest BCUT2D eigenvalue weighted by Gasteiger charge is -2.11. The molecule has 0 N–H and O–H groups in total. The molecule has 15 heavy (non-hydrogen) atoms. The van der Waals surface area contributed by atoms with Crippen LogP contribution in [0.15, 0.2) is 16.6 Å². The van der Waals surface area contributed by atoms with Gasteiger partial charge in [0.15, 0.2) is 5.78 Å². The Kier molecular flexibility index (Phi) is 4.29. The Labute approximate surface area is 97.5 Å². The Morgan fingerprint density at radius 1 is 1.40 bits per heavy atom. The van der Waals surface area contributed by atoms with Crippen LogP contribution >= 0.6 is 15.9 Å². The Morgan fingerprint density at radius 3 is 2.53 bits per heavy atom. The van der Waals surface area contributed by atoms with Gasteiger partial charge in [0, 0.05) is 18.2 Å². The number of hydrogen-bond acceptors (Lipinski definition) is 3. The lowest BCUT2D eigenvalue weighted by atomic mass is 10.1. The predicted molar refractivity (Wildman–Crippen MR) is 61.4 cm³/mol. The number of methoxy groups -OCH3 is 2. The highest BCUT2D eigenvalue weighted by atomic mass is 79.9. The summed E-state index contributed by atoms with van der Waals surface area (Å²) in [5.74, 6) is 0.734. The molecule has 1 aromatic rings. The van der Waals surface area contributed by atoms with Gasteiger partial charge in [-0.3, -0.25) is 4.79 Å². The van der Waals surface area contributed by atoms with Crippen molar-refractivity contribution in [2.24, 2.45) is 0 Å². The van der Waals surface area contributed by atoms with Crippen LogP contribution < -0.4 is 4.74 Å². The van der Waals surface area contributed by atoms with E-state index in [1.165, 1.54) is 6.92 Å².